The van der Waals surface area contributed by atoms with E-state index in [-0.39, 0.29) is 6.04 Å². The van der Waals surface area contributed by atoms with Gasteiger partial charge in [-0.25, -0.2) is 0 Å². The summed E-state index contributed by atoms with van der Waals surface area (Å²) >= 11 is 0. The third-order valence-electron chi connectivity index (χ3n) is 4.00. The zero-order valence-corrected chi connectivity index (χ0v) is 11.5. The van der Waals surface area contributed by atoms with Crippen LogP contribution < -0.4 is 15.2 Å². The van der Waals surface area contributed by atoms with E-state index in [1.54, 1.807) is 14.2 Å². The van der Waals surface area contributed by atoms with Gasteiger partial charge in [-0.05, 0) is 43.4 Å². The van der Waals surface area contributed by atoms with Gasteiger partial charge in [0.2, 0.25) is 0 Å². The number of benzene rings is 1. The van der Waals surface area contributed by atoms with Gasteiger partial charge >= 0.3 is 0 Å². The molecule has 1 aromatic carbocycles. The van der Waals surface area contributed by atoms with Crippen molar-refractivity contribution in [3.63, 3.8) is 0 Å². The molecule has 1 aromatic rings. The Morgan fingerprint density at radius 3 is 2.61 bits per heavy atom. The molecular weight excluding hydrogens is 226 g/mol. The van der Waals surface area contributed by atoms with Crippen LogP contribution in [0.25, 0.3) is 0 Å². The predicted molar refractivity (Wildman–Crippen MR) is 73.3 cm³/mol. The third-order valence-corrected chi connectivity index (χ3v) is 4.00. The minimum atomic E-state index is 0.224. The fraction of sp³-hybridized carbons (Fsp3) is 0.600. The first kappa shape index (κ1) is 13.2. The maximum Gasteiger partial charge on any atom is 0.122 e. The molecule has 0 heterocycles. The first-order valence-corrected chi connectivity index (χ1v) is 6.63. The van der Waals surface area contributed by atoms with E-state index in [4.69, 9.17) is 15.2 Å². The van der Waals surface area contributed by atoms with Crippen LogP contribution >= 0.6 is 0 Å². The Labute approximate surface area is 109 Å². The summed E-state index contributed by atoms with van der Waals surface area (Å²) in [4.78, 5) is 0. The van der Waals surface area contributed by atoms with Crippen molar-refractivity contribution in [1.82, 2.24) is 0 Å². The average Bonchev–Trinajstić information content (AvgIpc) is 2.40. The fourth-order valence-electron chi connectivity index (χ4n) is 2.89. The molecule has 0 bridgehead atoms. The fourth-order valence-corrected chi connectivity index (χ4v) is 2.89. The van der Waals surface area contributed by atoms with E-state index in [1.165, 1.54) is 12.0 Å². The van der Waals surface area contributed by atoms with E-state index in [2.05, 4.69) is 13.0 Å². The SMILES string of the molecule is COc1ccc(OC)c(C2CC(C)CCC2N)c1. The van der Waals surface area contributed by atoms with E-state index < -0.39 is 0 Å². The highest BCUT2D eigenvalue weighted by Crippen LogP contribution is 2.40. The van der Waals surface area contributed by atoms with Gasteiger partial charge in [0.1, 0.15) is 11.5 Å². The summed E-state index contributed by atoms with van der Waals surface area (Å²) in [5.74, 6) is 2.89. The minimum Gasteiger partial charge on any atom is -0.497 e. The third kappa shape index (κ3) is 2.61. The standard InChI is InChI=1S/C15H23NO2/c1-10-4-6-14(16)12(8-10)13-9-11(17-2)5-7-15(13)18-3/h5,7,9-10,12,14H,4,6,8,16H2,1-3H3. The lowest BCUT2D eigenvalue weighted by Crippen LogP contribution is -2.34. The number of methoxy groups -OCH3 is 2. The highest BCUT2D eigenvalue weighted by molar-refractivity contribution is 5.43. The minimum absolute atomic E-state index is 0.224. The zero-order chi connectivity index (χ0) is 13.1. The molecule has 0 amide bonds. The molecule has 2 rings (SSSR count). The predicted octanol–water partition coefficient (Wildman–Crippen LogP) is 2.93. The Balaban J connectivity index is 2.34. The monoisotopic (exact) mass is 249 g/mol. The number of nitrogens with two attached hydrogens (primary N) is 1. The van der Waals surface area contributed by atoms with Gasteiger partial charge < -0.3 is 15.2 Å². The molecule has 1 aliphatic rings. The lowest BCUT2D eigenvalue weighted by atomic mass is 9.75. The van der Waals surface area contributed by atoms with Crippen molar-refractivity contribution in [3.05, 3.63) is 23.8 Å². The molecule has 3 nitrogen and oxygen atoms in total. The summed E-state index contributed by atoms with van der Waals surface area (Å²) in [5.41, 5.74) is 7.48. The van der Waals surface area contributed by atoms with E-state index in [0.29, 0.717) is 5.92 Å². The number of rotatable bonds is 3. The highest BCUT2D eigenvalue weighted by Gasteiger charge is 2.29. The largest absolute Gasteiger partial charge is 0.497 e. The van der Waals surface area contributed by atoms with Crippen LogP contribution in [0.4, 0.5) is 0 Å². The van der Waals surface area contributed by atoms with Crippen molar-refractivity contribution in [2.24, 2.45) is 11.7 Å². The van der Waals surface area contributed by atoms with Gasteiger partial charge in [-0.2, -0.15) is 0 Å². The molecule has 0 aromatic heterocycles. The van der Waals surface area contributed by atoms with Crippen LogP contribution in [-0.4, -0.2) is 20.3 Å². The topological polar surface area (TPSA) is 44.5 Å². The van der Waals surface area contributed by atoms with Gasteiger partial charge in [0.05, 0.1) is 14.2 Å². The molecule has 1 saturated carbocycles. The van der Waals surface area contributed by atoms with Crippen LogP contribution in [-0.2, 0) is 0 Å². The number of ether oxygens (including phenoxy) is 2. The van der Waals surface area contributed by atoms with Gasteiger partial charge in [0, 0.05) is 17.5 Å². The lowest BCUT2D eigenvalue weighted by Gasteiger charge is -2.33. The molecule has 3 heteroatoms. The second-order valence-electron chi connectivity index (χ2n) is 5.30. The lowest BCUT2D eigenvalue weighted by molar-refractivity contribution is 0.297. The molecule has 0 spiro atoms. The highest BCUT2D eigenvalue weighted by atomic mass is 16.5. The van der Waals surface area contributed by atoms with Crippen molar-refractivity contribution in [2.45, 2.75) is 38.1 Å². The van der Waals surface area contributed by atoms with Crippen LogP contribution in [0.5, 0.6) is 11.5 Å². The molecule has 3 unspecified atom stereocenters. The van der Waals surface area contributed by atoms with Crippen LogP contribution in [0.1, 0.15) is 37.7 Å². The summed E-state index contributed by atoms with van der Waals surface area (Å²) < 4.78 is 10.8. The maximum atomic E-state index is 6.29. The molecule has 2 N–H and O–H groups in total. The molecule has 1 aliphatic carbocycles. The second-order valence-corrected chi connectivity index (χ2v) is 5.30. The Hall–Kier alpha value is -1.22. The summed E-state index contributed by atoms with van der Waals surface area (Å²) in [6, 6.07) is 6.20. The van der Waals surface area contributed by atoms with E-state index in [1.807, 2.05) is 12.1 Å². The Bertz CT molecular complexity index is 405. The van der Waals surface area contributed by atoms with Crippen LogP contribution in [0.15, 0.2) is 18.2 Å². The van der Waals surface area contributed by atoms with E-state index in [0.717, 1.165) is 30.3 Å². The molecule has 1 fully saturated rings. The average molecular weight is 249 g/mol. The van der Waals surface area contributed by atoms with Crippen molar-refractivity contribution >= 4 is 0 Å². The first-order chi connectivity index (χ1) is 8.65. The Morgan fingerprint density at radius 2 is 1.94 bits per heavy atom. The number of hydrogen-bond acceptors (Lipinski definition) is 3. The summed E-state index contributed by atoms with van der Waals surface area (Å²) in [7, 11) is 3.40. The van der Waals surface area contributed by atoms with Crippen molar-refractivity contribution in [1.29, 1.82) is 0 Å². The molecule has 100 valence electrons. The van der Waals surface area contributed by atoms with Crippen LogP contribution in [0, 0.1) is 5.92 Å². The van der Waals surface area contributed by atoms with Gasteiger partial charge in [-0.1, -0.05) is 6.92 Å². The zero-order valence-electron chi connectivity index (χ0n) is 11.5. The number of hydrogen-bond donors (Lipinski definition) is 1. The molecular formula is C15H23NO2. The first-order valence-electron chi connectivity index (χ1n) is 6.63. The van der Waals surface area contributed by atoms with Gasteiger partial charge in [0.25, 0.3) is 0 Å². The molecule has 0 aliphatic heterocycles. The van der Waals surface area contributed by atoms with Crippen LogP contribution in [0.3, 0.4) is 0 Å². The van der Waals surface area contributed by atoms with E-state index in [9.17, 15) is 0 Å². The smallest absolute Gasteiger partial charge is 0.122 e. The summed E-state index contributed by atoms with van der Waals surface area (Å²) in [6.07, 6.45) is 3.45. The van der Waals surface area contributed by atoms with Crippen molar-refractivity contribution in [2.75, 3.05) is 14.2 Å². The molecule has 3 atom stereocenters. The van der Waals surface area contributed by atoms with Crippen molar-refractivity contribution in [3.8, 4) is 11.5 Å². The molecule has 0 saturated heterocycles. The quantitative estimate of drug-likeness (QED) is 0.895. The van der Waals surface area contributed by atoms with Gasteiger partial charge in [-0.3, -0.25) is 0 Å². The maximum absolute atomic E-state index is 6.29. The normalized spacial score (nSPS) is 27.9. The van der Waals surface area contributed by atoms with Crippen molar-refractivity contribution < 1.29 is 9.47 Å². The second kappa shape index (κ2) is 5.61. The molecule has 18 heavy (non-hydrogen) atoms. The van der Waals surface area contributed by atoms with Gasteiger partial charge in [-0.15, -0.1) is 0 Å². The van der Waals surface area contributed by atoms with Gasteiger partial charge in [0.15, 0.2) is 0 Å². The Morgan fingerprint density at radius 1 is 1.17 bits per heavy atom. The Kier molecular flexibility index (Phi) is 4.12. The summed E-state index contributed by atoms with van der Waals surface area (Å²) in [5, 5.41) is 0. The molecule has 0 radical (unpaired) electrons. The summed E-state index contributed by atoms with van der Waals surface area (Å²) in [6.45, 7) is 2.30. The van der Waals surface area contributed by atoms with E-state index >= 15 is 0 Å². The van der Waals surface area contributed by atoms with Crippen LogP contribution in [0.2, 0.25) is 0 Å².